The molecule has 1 aliphatic rings. The van der Waals surface area contributed by atoms with Gasteiger partial charge in [0.2, 0.25) is 0 Å². The summed E-state index contributed by atoms with van der Waals surface area (Å²) < 4.78 is 6.78. The van der Waals surface area contributed by atoms with Crippen molar-refractivity contribution in [2.24, 2.45) is 11.3 Å². The number of halogens is 1. The van der Waals surface area contributed by atoms with E-state index in [0.29, 0.717) is 11.5 Å². The zero-order valence-corrected chi connectivity index (χ0v) is 9.72. The van der Waals surface area contributed by atoms with Gasteiger partial charge in [0.15, 0.2) is 0 Å². The van der Waals surface area contributed by atoms with Crippen LogP contribution < -0.4 is 0 Å². The van der Waals surface area contributed by atoms with Gasteiger partial charge >= 0.3 is 0 Å². The van der Waals surface area contributed by atoms with Crippen molar-refractivity contribution >= 4 is 22.6 Å². The van der Waals surface area contributed by atoms with Gasteiger partial charge in [-0.2, -0.15) is 0 Å². The lowest BCUT2D eigenvalue weighted by molar-refractivity contribution is 0.112. The summed E-state index contributed by atoms with van der Waals surface area (Å²) in [5.41, 5.74) is 0.431. The van der Waals surface area contributed by atoms with Crippen molar-refractivity contribution in [1.82, 2.24) is 0 Å². The van der Waals surface area contributed by atoms with Crippen LogP contribution >= 0.6 is 22.6 Å². The minimum atomic E-state index is 0.431. The summed E-state index contributed by atoms with van der Waals surface area (Å²) in [6.07, 6.45) is 1.78. The van der Waals surface area contributed by atoms with E-state index in [1.165, 1.54) is 6.42 Å². The van der Waals surface area contributed by atoms with E-state index >= 15 is 0 Å². The molecule has 11 heavy (non-hydrogen) atoms. The van der Waals surface area contributed by atoms with E-state index in [1.54, 1.807) is 0 Å². The minimum absolute atomic E-state index is 0.431. The Bertz CT molecular complexity index is 128. The van der Waals surface area contributed by atoms with Crippen LogP contribution in [0.4, 0.5) is 0 Å². The topological polar surface area (TPSA) is 9.23 Å². The largest absolute Gasteiger partial charge is 0.377 e. The third-order valence-electron chi connectivity index (χ3n) is 2.48. The Morgan fingerprint density at radius 1 is 1.45 bits per heavy atom. The standard InChI is InChI=1S/C9H17IO/c1-9(2,3)7-4-8(5-10)11-6-7/h7-8H,4-6H2,1-3H3/t7-,8+/m1/s1. The minimum Gasteiger partial charge on any atom is -0.377 e. The van der Waals surface area contributed by atoms with Crippen molar-refractivity contribution < 1.29 is 4.74 Å². The van der Waals surface area contributed by atoms with Gasteiger partial charge < -0.3 is 4.74 Å². The van der Waals surface area contributed by atoms with Crippen LogP contribution in [0.2, 0.25) is 0 Å². The lowest BCUT2D eigenvalue weighted by atomic mass is 9.80. The van der Waals surface area contributed by atoms with Gasteiger partial charge in [-0.05, 0) is 17.8 Å². The van der Waals surface area contributed by atoms with Crippen LogP contribution in [-0.4, -0.2) is 17.1 Å². The summed E-state index contributed by atoms with van der Waals surface area (Å²) in [7, 11) is 0. The maximum atomic E-state index is 5.63. The zero-order chi connectivity index (χ0) is 8.48. The Morgan fingerprint density at radius 3 is 2.36 bits per heavy atom. The van der Waals surface area contributed by atoms with E-state index in [2.05, 4.69) is 43.4 Å². The molecule has 0 bridgehead atoms. The third kappa shape index (κ3) is 2.58. The van der Waals surface area contributed by atoms with Crippen LogP contribution in [0.15, 0.2) is 0 Å². The van der Waals surface area contributed by atoms with Gasteiger partial charge in [0, 0.05) is 4.43 Å². The third-order valence-corrected chi connectivity index (χ3v) is 3.46. The monoisotopic (exact) mass is 268 g/mol. The molecule has 1 fully saturated rings. The van der Waals surface area contributed by atoms with Crippen LogP contribution in [0.25, 0.3) is 0 Å². The molecule has 66 valence electrons. The van der Waals surface area contributed by atoms with Crippen molar-refractivity contribution in [2.45, 2.75) is 33.3 Å². The van der Waals surface area contributed by atoms with E-state index in [1.807, 2.05) is 0 Å². The average Bonchev–Trinajstić information content (AvgIpc) is 2.32. The van der Waals surface area contributed by atoms with Gasteiger partial charge in [0.1, 0.15) is 0 Å². The van der Waals surface area contributed by atoms with Crippen LogP contribution in [0.5, 0.6) is 0 Å². The van der Waals surface area contributed by atoms with Crippen molar-refractivity contribution in [2.75, 3.05) is 11.0 Å². The summed E-state index contributed by atoms with van der Waals surface area (Å²) in [6.45, 7) is 7.88. The highest BCUT2D eigenvalue weighted by atomic mass is 127. The van der Waals surface area contributed by atoms with Gasteiger partial charge in [-0.3, -0.25) is 0 Å². The molecule has 0 radical (unpaired) electrons. The van der Waals surface area contributed by atoms with Crippen LogP contribution in [0.1, 0.15) is 27.2 Å². The van der Waals surface area contributed by atoms with Gasteiger partial charge in [-0.15, -0.1) is 0 Å². The summed E-state index contributed by atoms with van der Waals surface area (Å²) >= 11 is 2.40. The lowest BCUT2D eigenvalue weighted by Gasteiger charge is -2.25. The molecule has 2 heteroatoms. The number of ether oxygens (including phenoxy) is 1. The predicted octanol–water partition coefficient (Wildman–Crippen LogP) is 2.87. The highest BCUT2D eigenvalue weighted by molar-refractivity contribution is 14.1. The first-order valence-corrected chi connectivity index (χ1v) is 5.74. The molecule has 0 N–H and O–H groups in total. The molecule has 0 spiro atoms. The molecule has 2 atom stereocenters. The van der Waals surface area contributed by atoms with Crippen molar-refractivity contribution in [3.05, 3.63) is 0 Å². The first kappa shape index (κ1) is 9.78. The van der Waals surface area contributed by atoms with E-state index in [0.717, 1.165) is 17.0 Å². The molecule has 1 heterocycles. The average molecular weight is 268 g/mol. The molecule has 0 aromatic carbocycles. The molecule has 0 saturated carbocycles. The highest BCUT2D eigenvalue weighted by Gasteiger charge is 2.32. The van der Waals surface area contributed by atoms with Gasteiger partial charge in [-0.1, -0.05) is 43.4 Å². The lowest BCUT2D eigenvalue weighted by Crippen LogP contribution is -2.20. The summed E-state index contributed by atoms with van der Waals surface area (Å²) in [5, 5.41) is 0. The fourth-order valence-corrected chi connectivity index (χ4v) is 2.03. The van der Waals surface area contributed by atoms with E-state index in [-0.39, 0.29) is 0 Å². The first-order chi connectivity index (χ1) is 5.04. The van der Waals surface area contributed by atoms with Gasteiger partial charge in [0.05, 0.1) is 12.7 Å². The zero-order valence-electron chi connectivity index (χ0n) is 7.56. The molecule has 0 aromatic rings. The highest BCUT2D eigenvalue weighted by Crippen LogP contribution is 2.35. The summed E-state index contributed by atoms with van der Waals surface area (Å²) in [4.78, 5) is 0. The number of alkyl halides is 1. The molecule has 1 nitrogen and oxygen atoms in total. The normalized spacial score (nSPS) is 32.7. The summed E-state index contributed by atoms with van der Waals surface area (Å²) in [5.74, 6) is 0.766. The number of hydrogen-bond acceptors (Lipinski definition) is 1. The quantitative estimate of drug-likeness (QED) is 0.525. The van der Waals surface area contributed by atoms with Crippen LogP contribution in [0.3, 0.4) is 0 Å². The second-order valence-electron chi connectivity index (χ2n) is 4.41. The molecule has 1 saturated heterocycles. The molecule has 0 unspecified atom stereocenters. The van der Waals surface area contributed by atoms with Gasteiger partial charge in [0.25, 0.3) is 0 Å². The van der Waals surface area contributed by atoms with Crippen LogP contribution in [-0.2, 0) is 4.74 Å². The molecule has 1 rings (SSSR count). The summed E-state index contributed by atoms with van der Waals surface area (Å²) in [6, 6.07) is 0. The smallest absolute Gasteiger partial charge is 0.0668 e. The Kier molecular flexibility index (Phi) is 3.20. The second kappa shape index (κ2) is 3.60. The predicted molar refractivity (Wildman–Crippen MR) is 56.2 cm³/mol. The van der Waals surface area contributed by atoms with E-state index in [9.17, 15) is 0 Å². The van der Waals surface area contributed by atoms with Crippen molar-refractivity contribution in [3.63, 3.8) is 0 Å². The van der Waals surface area contributed by atoms with Crippen LogP contribution in [0, 0.1) is 11.3 Å². The van der Waals surface area contributed by atoms with E-state index in [4.69, 9.17) is 4.74 Å². The Hall–Kier alpha value is 0.690. The maximum absolute atomic E-state index is 5.63. The SMILES string of the molecule is CC(C)(C)[C@H]1CO[C@H](CI)C1. The fraction of sp³-hybridized carbons (Fsp3) is 1.00. The Balaban J connectivity index is 2.42. The van der Waals surface area contributed by atoms with Crippen molar-refractivity contribution in [1.29, 1.82) is 0 Å². The number of rotatable bonds is 1. The first-order valence-electron chi connectivity index (χ1n) is 4.21. The molecule has 1 aliphatic heterocycles. The number of hydrogen-bond donors (Lipinski definition) is 0. The fourth-order valence-electron chi connectivity index (χ4n) is 1.42. The molecule has 0 aromatic heterocycles. The van der Waals surface area contributed by atoms with Crippen molar-refractivity contribution in [3.8, 4) is 0 Å². The Labute approximate surface area is 83.0 Å². The molecular weight excluding hydrogens is 251 g/mol. The van der Waals surface area contributed by atoms with E-state index < -0.39 is 0 Å². The molecular formula is C9H17IO. The van der Waals surface area contributed by atoms with Gasteiger partial charge in [-0.25, -0.2) is 0 Å². The maximum Gasteiger partial charge on any atom is 0.0668 e. The second-order valence-corrected chi connectivity index (χ2v) is 5.29. The molecule has 0 amide bonds. The molecule has 0 aliphatic carbocycles. The Morgan fingerprint density at radius 2 is 2.09 bits per heavy atom.